The molecule has 7 heterocycles. The number of hydrogen-bond acceptors (Lipinski definition) is 14. The molecule has 2 bridgehead atoms. The zero-order valence-corrected chi connectivity index (χ0v) is 40.0. The first kappa shape index (κ1) is 45.8. The van der Waals surface area contributed by atoms with Crippen molar-refractivity contribution < 1.29 is 56.5 Å². The second-order valence-corrected chi connectivity index (χ2v) is 22.2. The number of aliphatic carboxylic acids is 1. The van der Waals surface area contributed by atoms with E-state index in [2.05, 4.69) is 10.6 Å². The first-order chi connectivity index (χ1) is 33.4. The summed E-state index contributed by atoms with van der Waals surface area (Å²) < 4.78 is 47.8. The number of carbonyl (C=O) groups excluding carboxylic acids is 3. The van der Waals surface area contributed by atoms with E-state index in [9.17, 15) is 37.5 Å². The molecule has 11 rings (SSSR count). The van der Waals surface area contributed by atoms with E-state index >= 15 is 0 Å². The number of sulfonamides is 1. The Morgan fingerprint density at radius 3 is 2.60 bits per heavy atom. The van der Waals surface area contributed by atoms with Crippen molar-refractivity contribution >= 4 is 102 Å². The van der Waals surface area contributed by atoms with Gasteiger partial charge in [-0.05, 0) is 91.6 Å². The third-order valence-corrected chi connectivity index (χ3v) is 17.7. The Hall–Kier alpha value is -6.58. The summed E-state index contributed by atoms with van der Waals surface area (Å²) in [6.45, 7) is 3.83. The summed E-state index contributed by atoms with van der Waals surface area (Å²) >= 11 is 7.42. The molecule has 0 spiro atoms. The average molecular weight is 1010 g/mol. The van der Waals surface area contributed by atoms with Crippen molar-refractivity contribution in [2.24, 2.45) is 0 Å². The molecular formula is C49H45ClN6O12S2. The number of carbonyl (C=O) groups is 5. The highest BCUT2D eigenvalue weighted by molar-refractivity contribution is 7.88. The molecule has 4 aromatic carbocycles. The van der Waals surface area contributed by atoms with Crippen LogP contribution < -0.4 is 25.2 Å². The fraction of sp³-hybridized carbons (Fsp3) is 0.347. The van der Waals surface area contributed by atoms with Crippen molar-refractivity contribution in [1.29, 1.82) is 0 Å². The zero-order valence-electron chi connectivity index (χ0n) is 37.6. The number of aromatic carboxylic acids is 1. The van der Waals surface area contributed by atoms with Gasteiger partial charge in [-0.2, -0.15) is 9.29 Å². The van der Waals surface area contributed by atoms with E-state index in [0.29, 0.717) is 70.2 Å². The Labute approximate surface area is 409 Å². The molecule has 362 valence electrons. The number of thiophene rings is 1. The number of piperidine rings is 3. The van der Waals surface area contributed by atoms with Gasteiger partial charge in [0, 0.05) is 53.5 Å². The number of nitrogens with zero attached hydrogens (tertiary/aromatic N) is 4. The number of imide groups is 1. The molecule has 5 aliphatic rings. The highest BCUT2D eigenvalue weighted by Crippen LogP contribution is 2.50. The molecule has 21 heteroatoms. The van der Waals surface area contributed by atoms with Gasteiger partial charge in [0.1, 0.15) is 22.8 Å². The predicted octanol–water partition coefficient (Wildman–Crippen LogP) is 7.19. The molecule has 5 atom stereocenters. The van der Waals surface area contributed by atoms with Crippen LogP contribution in [0.1, 0.15) is 83.0 Å². The summed E-state index contributed by atoms with van der Waals surface area (Å²) in [5.41, 5.74) is 4.40. The van der Waals surface area contributed by atoms with Crippen molar-refractivity contribution in [1.82, 2.24) is 14.6 Å². The molecule has 3 amide bonds. The number of nitrogens with one attached hydrogen (secondary N) is 2. The van der Waals surface area contributed by atoms with Crippen LogP contribution in [0.4, 0.5) is 17.4 Å². The molecule has 2 aromatic heterocycles. The summed E-state index contributed by atoms with van der Waals surface area (Å²) in [5, 5.41) is 26.4. The fourth-order valence-corrected chi connectivity index (χ4v) is 14.3. The summed E-state index contributed by atoms with van der Waals surface area (Å²) in [7, 11) is -3.80. The maximum Gasteiger partial charge on any atom is 0.349 e. The van der Waals surface area contributed by atoms with Crippen molar-refractivity contribution in [2.45, 2.75) is 87.6 Å². The number of oxazole rings is 1. The molecule has 4 N–H and O–H groups in total. The first-order valence-electron chi connectivity index (χ1n) is 22.8. The maximum absolute atomic E-state index is 14.2. The number of amides is 3. The van der Waals surface area contributed by atoms with Gasteiger partial charge in [-0.1, -0.05) is 48.0 Å². The van der Waals surface area contributed by atoms with Crippen LogP contribution in [0.15, 0.2) is 77.2 Å². The van der Waals surface area contributed by atoms with E-state index in [1.54, 1.807) is 40.7 Å². The Kier molecular flexibility index (Phi) is 11.2. The summed E-state index contributed by atoms with van der Waals surface area (Å²) in [6.07, 6.45) is 1.53. The molecule has 18 nitrogen and oxygen atoms in total. The quantitative estimate of drug-likeness (QED) is 0.0838. The molecular weight excluding hydrogens is 964 g/mol. The fourth-order valence-electron chi connectivity index (χ4n) is 11.0. The summed E-state index contributed by atoms with van der Waals surface area (Å²) in [4.78, 5) is 70.0. The third kappa shape index (κ3) is 7.90. The monoisotopic (exact) mass is 1010 g/mol. The molecule has 0 radical (unpaired) electrons. The van der Waals surface area contributed by atoms with Crippen LogP contribution in [0.5, 0.6) is 5.75 Å². The number of hydrogen-bond donors (Lipinski definition) is 4. The number of carboxylic acids is 2. The highest BCUT2D eigenvalue weighted by atomic mass is 35.5. The van der Waals surface area contributed by atoms with Crippen molar-refractivity contribution in [3.63, 3.8) is 0 Å². The van der Waals surface area contributed by atoms with Crippen LogP contribution in [-0.4, -0.2) is 107 Å². The highest BCUT2D eigenvalue weighted by Gasteiger charge is 2.50. The maximum atomic E-state index is 14.2. The molecule has 5 aliphatic heterocycles. The third-order valence-electron chi connectivity index (χ3n) is 14.0. The molecule has 4 saturated heterocycles. The Morgan fingerprint density at radius 2 is 1.86 bits per heavy atom. The van der Waals surface area contributed by atoms with Gasteiger partial charge < -0.3 is 29.4 Å². The SMILES string of the molecule is CC1(C)CC(Nc2cccc(-c3sc(C(=O)O)c(OCC(=O)O)c3Cl)c2)CCN1S(=O)(=O)Cc1ccc2oc(N3CC4OC3CC4c3ccc4c5c(cccc35)C(=O)N4C3CCC(=O)NC3=O)nc2c1. The smallest absolute Gasteiger partial charge is 0.349 e. The largest absolute Gasteiger partial charge is 0.479 e. The van der Waals surface area contributed by atoms with Gasteiger partial charge in [-0.15, -0.1) is 11.3 Å². The van der Waals surface area contributed by atoms with Gasteiger partial charge in [-0.25, -0.2) is 18.0 Å². The van der Waals surface area contributed by atoms with Gasteiger partial charge in [0.2, 0.25) is 21.8 Å². The number of benzene rings is 4. The topological polar surface area (TPSA) is 238 Å². The number of carboxylic acid groups (broad SMARTS) is 2. The lowest BCUT2D eigenvalue weighted by atomic mass is 9.85. The first-order valence-corrected chi connectivity index (χ1v) is 25.6. The van der Waals surface area contributed by atoms with Gasteiger partial charge >= 0.3 is 18.0 Å². The molecule has 4 fully saturated rings. The lowest BCUT2D eigenvalue weighted by Gasteiger charge is -2.45. The minimum atomic E-state index is -3.80. The minimum Gasteiger partial charge on any atom is -0.479 e. The van der Waals surface area contributed by atoms with Crippen molar-refractivity contribution in [3.05, 3.63) is 99.4 Å². The Balaban J connectivity index is 0.744. The number of halogens is 1. The Morgan fingerprint density at radius 1 is 1.04 bits per heavy atom. The van der Waals surface area contributed by atoms with E-state index in [1.165, 1.54) is 4.90 Å². The van der Waals surface area contributed by atoms with E-state index < -0.39 is 46.1 Å². The van der Waals surface area contributed by atoms with Gasteiger partial charge in [-0.3, -0.25) is 29.5 Å². The number of rotatable bonds is 13. The second-order valence-electron chi connectivity index (χ2n) is 18.9. The van der Waals surface area contributed by atoms with Gasteiger partial charge in [0.25, 0.3) is 5.91 Å². The van der Waals surface area contributed by atoms with Crippen molar-refractivity contribution in [2.75, 3.05) is 34.8 Å². The second kappa shape index (κ2) is 17.1. The molecule has 5 unspecified atom stereocenters. The molecule has 6 aromatic rings. The minimum absolute atomic E-state index is 0.00236. The van der Waals surface area contributed by atoms with E-state index in [-0.39, 0.29) is 76.9 Å². The molecule has 0 aliphatic carbocycles. The van der Waals surface area contributed by atoms with Crippen LogP contribution in [0.3, 0.4) is 0 Å². The molecule has 70 heavy (non-hydrogen) atoms. The lowest BCUT2D eigenvalue weighted by molar-refractivity contribution is -0.139. The number of aromatic nitrogens is 1. The van der Waals surface area contributed by atoms with Gasteiger partial charge in [0.15, 0.2) is 22.8 Å². The van der Waals surface area contributed by atoms with E-state index in [4.69, 9.17) is 35.6 Å². The van der Waals surface area contributed by atoms with Crippen LogP contribution in [0, 0.1) is 0 Å². The standard InChI is InChI=1S/C49H45ClN6O12S2/c1-49(2)20-27(51-26-6-3-5-25(18-26)43-41(50)42(66-22-39(58)59)44(69-43)47(62)63)15-16-55(49)70(64,65)23-24-9-13-35-32(17-24)52-48(68-35)54-21-36-31(19-38(54)67-36)28-10-11-33-40-29(28)7-4-8-30(40)46(61)56(33)34-12-14-37(57)53-45(34)60/h3-11,13,17-18,27,31,34,36,38,51H,12,14-16,19-23H2,1-2H3,(H,58,59)(H,62,63)(H,53,57,60). The zero-order chi connectivity index (χ0) is 49.0. The lowest BCUT2D eigenvalue weighted by Crippen LogP contribution is -2.55. The number of fused-ring (bicyclic) bond motifs is 3. The summed E-state index contributed by atoms with van der Waals surface area (Å²) in [5.74, 6) is -4.07. The van der Waals surface area contributed by atoms with E-state index in [0.717, 1.165) is 33.4 Å². The van der Waals surface area contributed by atoms with Crippen LogP contribution >= 0.6 is 22.9 Å². The Bertz CT molecular complexity index is 3340. The van der Waals surface area contributed by atoms with Gasteiger partial charge in [0.05, 0.1) is 29.0 Å². The number of anilines is 3. The predicted molar refractivity (Wildman–Crippen MR) is 259 cm³/mol. The van der Waals surface area contributed by atoms with E-state index in [1.807, 2.05) is 55.1 Å². The summed E-state index contributed by atoms with van der Waals surface area (Å²) in [6, 6.07) is 21.5. The van der Waals surface area contributed by atoms with Crippen LogP contribution in [0.2, 0.25) is 5.02 Å². The number of ether oxygens (including phenoxy) is 2. The normalized spacial score (nSPS) is 23.1. The average Bonchev–Trinajstić information content (AvgIpc) is 4.14. The van der Waals surface area contributed by atoms with Crippen LogP contribution in [-0.2, 0) is 34.9 Å². The van der Waals surface area contributed by atoms with Crippen LogP contribution in [0.25, 0.3) is 32.3 Å². The van der Waals surface area contributed by atoms with Crippen molar-refractivity contribution in [3.8, 4) is 16.2 Å². The molecule has 0 saturated carbocycles.